The molecule has 4 rings (SSSR count). The zero-order valence-corrected chi connectivity index (χ0v) is 19.0. The first-order chi connectivity index (χ1) is 15.3. The fourth-order valence-electron chi connectivity index (χ4n) is 4.33. The quantitative estimate of drug-likeness (QED) is 0.669. The van der Waals surface area contributed by atoms with Crippen molar-refractivity contribution < 1.29 is 9.59 Å². The van der Waals surface area contributed by atoms with Crippen molar-refractivity contribution in [2.75, 3.05) is 23.8 Å². The van der Waals surface area contributed by atoms with E-state index in [0.717, 1.165) is 28.3 Å². The monoisotopic (exact) mass is 431 g/mol. The van der Waals surface area contributed by atoms with Crippen molar-refractivity contribution in [1.29, 1.82) is 0 Å². The second-order valence-electron chi connectivity index (χ2n) is 8.45. The van der Waals surface area contributed by atoms with Crippen molar-refractivity contribution in [3.63, 3.8) is 0 Å². The highest BCUT2D eigenvalue weighted by atomic mass is 16.2. The molecule has 0 saturated carbocycles. The van der Waals surface area contributed by atoms with E-state index < -0.39 is 0 Å². The number of para-hydroxylation sites is 3. The van der Waals surface area contributed by atoms with Crippen LogP contribution in [0.25, 0.3) is 5.69 Å². The van der Waals surface area contributed by atoms with E-state index in [2.05, 4.69) is 12.2 Å². The van der Waals surface area contributed by atoms with Crippen LogP contribution in [0.5, 0.6) is 0 Å². The zero-order valence-electron chi connectivity index (χ0n) is 19.0. The van der Waals surface area contributed by atoms with Gasteiger partial charge in [0.05, 0.1) is 29.3 Å². The molecule has 166 valence electrons. The number of benzene rings is 2. The Labute approximate surface area is 188 Å². The molecule has 0 bridgehead atoms. The van der Waals surface area contributed by atoms with Crippen LogP contribution in [0.3, 0.4) is 0 Å². The van der Waals surface area contributed by atoms with Crippen molar-refractivity contribution in [2.24, 2.45) is 0 Å². The Morgan fingerprint density at radius 3 is 2.56 bits per heavy atom. The number of anilines is 2. The fourth-order valence-corrected chi connectivity index (χ4v) is 4.33. The Balaban J connectivity index is 1.53. The molecule has 0 fully saturated rings. The molecule has 0 spiro atoms. The van der Waals surface area contributed by atoms with E-state index in [9.17, 15) is 9.59 Å². The van der Waals surface area contributed by atoms with Gasteiger partial charge in [-0.25, -0.2) is 4.68 Å². The van der Waals surface area contributed by atoms with Gasteiger partial charge in [0.2, 0.25) is 11.8 Å². The standard InChI is InChI=1S/C25H29N5O2/c1-17-14-24(31)26-22-12-8-9-13-23(22)29(17)25(32)16-28(4)15-21-18(2)27-30(19(21)3)20-10-6-5-7-11-20/h5-13,17H,14-16H2,1-4H3,(H,26,31)/t17-/m1/s1. The second kappa shape index (κ2) is 8.96. The van der Waals surface area contributed by atoms with Gasteiger partial charge in [0.1, 0.15) is 0 Å². The molecule has 32 heavy (non-hydrogen) atoms. The van der Waals surface area contributed by atoms with Crippen molar-refractivity contribution in [3.05, 3.63) is 71.5 Å². The molecular weight excluding hydrogens is 402 g/mol. The van der Waals surface area contributed by atoms with Gasteiger partial charge in [0.15, 0.2) is 0 Å². The summed E-state index contributed by atoms with van der Waals surface area (Å²) in [5.74, 6) is -0.108. The van der Waals surface area contributed by atoms with E-state index in [4.69, 9.17) is 5.10 Å². The van der Waals surface area contributed by atoms with E-state index in [1.54, 1.807) is 4.90 Å². The maximum absolute atomic E-state index is 13.4. The van der Waals surface area contributed by atoms with Crippen molar-refractivity contribution in [3.8, 4) is 5.69 Å². The Morgan fingerprint density at radius 1 is 1.12 bits per heavy atom. The molecule has 0 saturated heterocycles. The molecule has 2 aromatic carbocycles. The summed E-state index contributed by atoms with van der Waals surface area (Å²) in [5, 5.41) is 7.62. The summed E-state index contributed by atoms with van der Waals surface area (Å²) in [5.41, 5.74) is 5.57. The van der Waals surface area contributed by atoms with Gasteiger partial charge in [-0.05, 0) is 52.1 Å². The summed E-state index contributed by atoms with van der Waals surface area (Å²) in [6.07, 6.45) is 0.270. The number of fused-ring (bicyclic) bond motifs is 1. The van der Waals surface area contributed by atoms with Crippen LogP contribution in [0.15, 0.2) is 54.6 Å². The van der Waals surface area contributed by atoms with Gasteiger partial charge >= 0.3 is 0 Å². The number of amides is 2. The summed E-state index contributed by atoms with van der Waals surface area (Å²) in [4.78, 5) is 29.3. The lowest BCUT2D eigenvalue weighted by Crippen LogP contribution is -2.44. The Bertz CT molecular complexity index is 1140. The van der Waals surface area contributed by atoms with Gasteiger partial charge in [-0.1, -0.05) is 30.3 Å². The number of aromatic nitrogens is 2. The largest absolute Gasteiger partial charge is 0.324 e. The Morgan fingerprint density at radius 2 is 1.81 bits per heavy atom. The number of carbonyl (C=O) groups excluding carboxylic acids is 2. The van der Waals surface area contributed by atoms with Crippen molar-refractivity contribution in [2.45, 2.75) is 39.8 Å². The lowest BCUT2D eigenvalue weighted by molar-refractivity contribution is -0.120. The highest BCUT2D eigenvalue weighted by Gasteiger charge is 2.30. The first-order valence-electron chi connectivity index (χ1n) is 10.8. The first kappa shape index (κ1) is 21.8. The lowest BCUT2D eigenvalue weighted by atomic mass is 10.1. The molecular formula is C25H29N5O2. The van der Waals surface area contributed by atoms with Crippen molar-refractivity contribution in [1.82, 2.24) is 14.7 Å². The van der Waals surface area contributed by atoms with Crippen LogP contribution < -0.4 is 10.2 Å². The van der Waals surface area contributed by atoms with Crippen LogP contribution in [0.4, 0.5) is 11.4 Å². The average molecular weight is 432 g/mol. The Kier molecular flexibility index (Phi) is 6.10. The minimum absolute atomic E-state index is 0.0327. The minimum Gasteiger partial charge on any atom is -0.324 e. The minimum atomic E-state index is -0.219. The highest BCUT2D eigenvalue weighted by Crippen LogP contribution is 2.31. The van der Waals surface area contributed by atoms with Gasteiger partial charge < -0.3 is 10.2 Å². The van der Waals surface area contributed by atoms with Gasteiger partial charge in [-0.15, -0.1) is 0 Å². The predicted molar refractivity (Wildman–Crippen MR) is 126 cm³/mol. The van der Waals surface area contributed by atoms with E-state index in [0.29, 0.717) is 12.2 Å². The average Bonchev–Trinajstić information content (AvgIpc) is 2.95. The van der Waals surface area contributed by atoms with E-state index >= 15 is 0 Å². The molecule has 2 heterocycles. The number of likely N-dealkylation sites (N-methyl/N-ethyl adjacent to an activating group) is 1. The molecule has 7 heteroatoms. The molecule has 7 nitrogen and oxygen atoms in total. The zero-order chi connectivity index (χ0) is 22.8. The topological polar surface area (TPSA) is 70.5 Å². The molecule has 0 unspecified atom stereocenters. The normalized spacial score (nSPS) is 16.0. The second-order valence-corrected chi connectivity index (χ2v) is 8.45. The number of carbonyl (C=O) groups is 2. The van der Waals surface area contributed by atoms with Gasteiger partial charge in [0.25, 0.3) is 0 Å². The fraction of sp³-hybridized carbons (Fsp3) is 0.320. The number of nitrogens with one attached hydrogen (secondary N) is 1. The lowest BCUT2D eigenvalue weighted by Gasteiger charge is -2.29. The SMILES string of the molecule is Cc1nn(-c2ccccc2)c(C)c1CN(C)CC(=O)N1c2ccccc2NC(=O)C[C@H]1C. The summed E-state index contributed by atoms with van der Waals surface area (Å²) in [6, 6.07) is 17.3. The summed E-state index contributed by atoms with van der Waals surface area (Å²) >= 11 is 0. The summed E-state index contributed by atoms with van der Waals surface area (Å²) in [6.45, 7) is 6.82. The van der Waals surface area contributed by atoms with Crippen molar-refractivity contribution >= 4 is 23.2 Å². The first-order valence-corrected chi connectivity index (χ1v) is 10.8. The molecule has 1 aromatic heterocycles. The summed E-state index contributed by atoms with van der Waals surface area (Å²) < 4.78 is 1.95. The van der Waals surface area contributed by atoms with E-state index in [-0.39, 0.29) is 30.8 Å². The molecule has 3 aromatic rings. The van der Waals surface area contributed by atoms with Crippen LogP contribution in [0.1, 0.15) is 30.3 Å². The van der Waals surface area contributed by atoms with Crippen LogP contribution in [0.2, 0.25) is 0 Å². The van der Waals surface area contributed by atoms with Gasteiger partial charge in [-0.3, -0.25) is 14.5 Å². The van der Waals surface area contributed by atoms with Gasteiger partial charge in [0, 0.05) is 30.3 Å². The van der Waals surface area contributed by atoms with Crippen LogP contribution >= 0.6 is 0 Å². The smallest absolute Gasteiger partial charge is 0.241 e. The number of aryl methyl sites for hydroxylation is 1. The van der Waals surface area contributed by atoms with E-state index in [1.807, 2.05) is 85.1 Å². The third-order valence-corrected chi connectivity index (χ3v) is 5.90. The number of hydrogen-bond acceptors (Lipinski definition) is 4. The maximum atomic E-state index is 13.4. The third-order valence-electron chi connectivity index (χ3n) is 5.90. The number of rotatable bonds is 5. The van der Waals surface area contributed by atoms with Gasteiger partial charge in [-0.2, -0.15) is 5.10 Å². The van der Waals surface area contributed by atoms with E-state index in [1.165, 1.54) is 0 Å². The molecule has 2 amide bonds. The third kappa shape index (κ3) is 4.29. The highest BCUT2D eigenvalue weighted by molar-refractivity contribution is 6.04. The molecule has 1 N–H and O–H groups in total. The Hall–Kier alpha value is -3.45. The van der Waals surface area contributed by atoms with Crippen LogP contribution in [-0.2, 0) is 16.1 Å². The van der Waals surface area contributed by atoms with Crippen LogP contribution in [0, 0.1) is 13.8 Å². The molecule has 1 atom stereocenters. The molecule has 0 aliphatic carbocycles. The maximum Gasteiger partial charge on any atom is 0.241 e. The molecule has 0 radical (unpaired) electrons. The summed E-state index contributed by atoms with van der Waals surface area (Å²) in [7, 11) is 1.94. The molecule has 1 aliphatic heterocycles. The number of nitrogens with zero attached hydrogens (tertiary/aromatic N) is 4. The molecule has 1 aliphatic rings. The number of hydrogen-bond donors (Lipinski definition) is 1. The predicted octanol–water partition coefficient (Wildman–Crippen LogP) is 3.68. The van der Waals surface area contributed by atoms with Crippen LogP contribution in [-0.4, -0.2) is 46.1 Å².